The zero-order valence-electron chi connectivity index (χ0n) is 18.4. The predicted octanol–water partition coefficient (Wildman–Crippen LogP) is 4.95. The van der Waals surface area contributed by atoms with Crippen molar-refractivity contribution in [2.75, 3.05) is 12.3 Å². The molecule has 5 heteroatoms. The van der Waals surface area contributed by atoms with Crippen molar-refractivity contribution < 1.29 is 9.59 Å². The molecular weight excluding hydrogens is 416 g/mol. The van der Waals surface area contributed by atoms with Gasteiger partial charge in [0.05, 0.1) is 0 Å². The fourth-order valence-electron chi connectivity index (χ4n) is 3.54. The summed E-state index contributed by atoms with van der Waals surface area (Å²) in [4.78, 5) is 29.4. The second-order valence-electron chi connectivity index (χ2n) is 7.52. The van der Waals surface area contributed by atoms with Gasteiger partial charge in [-0.25, -0.2) is 0 Å². The van der Waals surface area contributed by atoms with Crippen LogP contribution < -0.4 is 5.32 Å². The van der Waals surface area contributed by atoms with Crippen LogP contribution in [0.4, 0.5) is 0 Å². The monoisotopic (exact) mass is 446 g/mol. The third-order valence-corrected chi connectivity index (χ3v) is 6.16. The Bertz CT molecular complexity index is 965. The van der Waals surface area contributed by atoms with Crippen LogP contribution in [0.2, 0.25) is 0 Å². The SMILES string of the molecule is CCNC(=O)C(Cc1ccccc1)N(Cc1ccccc1)C(=O)CCSc1ccccc1. The van der Waals surface area contributed by atoms with Gasteiger partial charge >= 0.3 is 0 Å². The lowest BCUT2D eigenvalue weighted by atomic mass is 10.0. The van der Waals surface area contributed by atoms with Gasteiger partial charge in [-0.15, -0.1) is 11.8 Å². The van der Waals surface area contributed by atoms with Crippen LogP contribution in [0.5, 0.6) is 0 Å². The van der Waals surface area contributed by atoms with Gasteiger partial charge in [0, 0.05) is 36.6 Å². The normalized spacial score (nSPS) is 11.5. The molecule has 0 saturated carbocycles. The fraction of sp³-hybridized carbons (Fsp3) is 0.259. The number of likely N-dealkylation sites (N-methyl/N-ethyl adjacent to an activating group) is 1. The third-order valence-electron chi connectivity index (χ3n) is 5.15. The van der Waals surface area contributed by atoms with E-state index < -0.39 is 6.04 Å². The van der Waals surface area contributed by atoms with E-state index in [1.807, 2.05) is 97.9 Å². The fourth-order valence-corrected chi connectivity index (χ4v) is 4.40. The van der Waals surface area contributed by atoms with Gasteiger partial charge in [-0.3, -0.25) is 9.59 Å². The molecular formula is C27H30N2O2S. The van der Waals surface area contributed by atoms with Crippen molar-refractivity contribution in [3.63, 3.8) is 0 Å². The highest BCUT2D eigenvalue weighted by molar-refractivity contribution is 7.99. The highest BCUT2D eigenvalue weighted by Gasteiger charge is 2.29. The Morgan fingerprint density at radius 3 is 2.00 bits per heavy atom. The average molecular weight is 447 g/mol. The summed E-state index contributed by atoms with van der Waals surface area (Å²) in [5.74, 6) is 0.544. The Hall–Kier alpha value is -3.05. The highest BCUT2D eigenvalue weighted by Crippen LogP contribution is 2.20. The number of hydrogen-bond acceptors (Lipinski definition) is 3. The lowest BCUT2D eigenvalue weighted by molar-refractivity contribution is -0.140. The molecule has 0 aliphatic carbocycles. The van der Waals surface area contributed by atoms with Gasteiger partial charge in [-0.2, -0.15) is 0 Å². The number of rotatable bonds is 11. The first-order valence-corrected chi connectivity index (χ1v) is 12.0. The van der Waals surface area contributed by atoms with Crippen molar-refractivity contribution in [2.45, 2.75) is 37.2 Å². The van der Waals surface area contributed by atoms with E-state index >= 15 is 0 Å². The summed E-state index contributed by atoms with van der Waals surface area (Å²) in [6.07, 6.45) is 0.855. The molecule has 0 aliphatic heterocycles. The number of nitrogens with one attached hydrogen (secondary N) is 1. The molecule has 0 fully saturated rings. The molecule has 3 aromatic carbocycles. The van der Waals surface area contributed by atoms with E-state index in [2.05, 4.69) is 5.32 Å². The number of amides is 2. The molecule has 3 aromatic rings. The minimum absolute atomic E-state index is 0.00975. The summed E-state index contributed by atoms with van der Waals surface area (Å²) in [6.45, 7) is 2.84. The topological polar surface area (TPSA) is 49.4 Å². The standard InChI is InChI=1S/C27H30N2O2S/c1-2-28-27(31)25(20-22-12-6-3-7-13-22)29(21-23-14-8-4-9-15-23)26(30)18-19-32-24-16-10-5-11-17-24/h3-17,25H,2,18-21H2,1H3,(H,28,31). The van der Waals surface area contributed by atoms with Crippen LogP contribution in [0.25, 0.3) is 0 Å². The maximum absolute atomic E-state index is 13.4. The first kappa shape index (κ1) is 23.6. The smallest absolute Gasteiger partial charge is 0.243 e. The van der Waals surface area contributed by atoms with E-state index in [1.165, 1.54) is 0 Å². The van der Waals surface area contributed by atoms with Crippen molar-refractivity contribution in [3.05, 3.63) is 102 Å². The summed E-state index contributed by atoms with van der Waals surface area (Å²) in [5, 5.41) is 2.93. The molecule has 0 bridgehead atoms. The minimum atomic E-state index is -0.563. The summed E-state index contributed by atoms with van der Waals surface area (Å²) < 4.78 is 0. The van der Waals surface area contributed by atoms with Crippen LogP contribution >= 0.6 is 11.8 Å². The van der Waals surface area contributed by atoms with Crippen LogP contribution in [0.15, 0.2) is 95.9 Å². The van der Waals surface area contributed by atoms with Gasteiger partial charge in [-0.1, -0.05) is 78.9 Å². The second-order valence-corrected chi connectivity index (χ2v) is 8.69. The molecule has 0 aromatic heterocycles. The molecule has 4 nitrogen and oxygen atoms in total. The maximum atomic E-state index is 13.4. The van der Waals surface area contributed by atoms with Crippen LogP contribution in [-0.2, 0) is 22.6 Å². The second kappa shape index (κ2) is 12.7. The summed E-state index contributed by atoms with van der Waals surface area (Å²) >= 11 is 1.66. The lowest BCUT2D eigenvalue weighted by Crippen LogP contribution is -2.50. The van der Waals surface area contributed by atoms with Gasteiger partial charge in [0.15, 0.2) is 0 Å². The molecule has 0 heterocycles. The Balaban J connectivity index is 1.80. The molecule has 3 rings (SSSR count). The van der Waals surface area contributed by atoms with Gasteiger partial charge in [0.25, 0.3) is 0 Å². The molecule has 2 amide bonds. The van der Waals surface area contributed by atoms with E-state index in [0.717, 1.165) is 16.0 Å². The number of thioether (sulfide) groups is 1. The van der Waals surface area contributed by atoms with E-state index in [1.54, 1.807) is 16.7 Å². The zero-order valence-corrected chi connectivity index (χ0v) is 19.3. The first-order chi connectivity index (χ1) is 15.7. The van der Waals surface area contributed by atoms with Gasteiger partial charge < -0.3 is 10.2 Å². The van der Waals surface area contributed by atoms with E-state index in [9.17, 15) is 9.59 Å². The van der Waals surface area contributed by atoms with Crippen molar-refractivity contribution in [2.24, 2.45) is 0 Å². The van der Waals surface area contributed by atoms with Gasteiger partial charge in [0.2, 0.25) is 11.8 Å². The summed E-state index contributed by atoms with van der Waals surface area (Å²) in [6, 6.07) is 29.3. The van der Waals surface area contributed by atoms with Gasteiger partial charge in [0.1, 0.15) is 6.04 Å². The van der Waals surface area contributed by atoms with Crippen molar-refractivity contribution in [1.29, 1.82) is 0 Å². The Labute approximate surface area is 195 Å². The molecule has 0 spiro atoms. The van der Waals surface area contributed by atoms with E-state index in [0.29, 0.717) is 31.7 Å². The summed E-state index contributed by atoms with van der Waals surface area (Å²) in [5.41, 5.74) is 2.05. The first-order valence-electron chi connectivity index (χ1n) is 11.0. The van der Waals surface area contributed by atoms with Crippen LogP contribution in [-0.4, -0.2) is 35.1 Å². The third kappa shape index (κ3) is 7.27. The molecule has 0 aliphatic rings. The average Bonchev–Trinajstić information content (AvgIpc) is 2.83. The Morgan fingerprint density at radius 1 is 0.844 bits per heavy atom. The molecule has 0 saturated heterocycles. The van der Waals surface area contributed by atoms with Crippen LogP contribution in [0.3, 0.4) is 0 Å². The predicted molar refractivity (Wildman–Crippen MR) is 131 cm³/mol. The number of carbonyl (C=O) groups is 2. The van der Waals surface area contributed by atoms with Crippen LogP contribution in [0, 0.1) is 0 Å². The molecule has 0 radical (unpaired) electrons. The van der Waals surface area contributed by atoms with Gasteiger partial charge in [-0.05, 0) is 30.2 Å². The number of hydrogen-bond donors (Lipinski definition) is 1. The van der Waals surface area contributed by atoms with Crippen molar-refractivity contribution in [1.82, 2.24) is 10.2 Å². The Morgan fingerprint density at radius 2 is 1.41 bits per heavy atom. The molecule has 32 heavy (non-hydrogen) atoms. The van der Waals surface area contributed by atoms with E-state index in [4.69, 9.17) is 0 Å². The van der Waals surface area contributed by atoms with Crippen molar-refractivity contribution >= 4 is 23.6 Å². The largest absolute Gasteiger partial charge is 0.355 e. The highest BCUT2D eigenvalue weighted by atomic mass is 32.2. The molecule has 1 unspecified atom stereocenters. The zero-order chi connectivity index (χ0) is 22.6. The Kier molecular flexibility index (Phi) is 9.38. The summed E-state index contributed by atoms with van der Waals surface area (Å²) in [7, 11) is 0. The minimum Gasteiger partial charge on any atom is -0.355 e. The molecule has 166 valence electrons. The molecule has 1 atom stereocenters. The van der Waals surface area contributed by atoms with Crippen LogP contribution in [0.1, 0.15) is 24.5 Å². The van der Waals surface area contributed by atoms with E-state index in [-0.39, 0.29) is 11.8 Å². The number of nitrogens with zero attached hydrogens (tertiary/aromatic N) is 1. The lowest BCUT2D eigenvalue weighted by Gasteiger charge is -2.31. The quantitative estimate of drug-likeness (QED) is 0.424. The maximum Gasteiger partial charge on any atom is 0.243 e. The number of benzene rings is 3. The van der Waals surface area contributed by atoms with Crippen molar-refractivity contribution in [3.8, 4) is 0 Å². The molecule has 1 N–H and O–H groups in total. The number of carbonyl (C=O) groups excluding carboxylic acids is 2.